The number of carbonyl (C=O) groups excluding carboxylic acids is 1. The predicted octanol–water partition coefficient (Wildman–Crippen LogP) is 2.83. The maximum atomic E-state index is 12.6. The fourth-order valence-corrected chi connectivity index (χ4v) is 3.17. The number of benzene rings is 1. The smallest absolute Gasteiger partial charge is 0.326 e. The quantitative estimate of drug-likeness (QED) is 0.926. The van der Waals surface area contributed by atoms with Crippen LogP contribution < -0.4 is 0 Å². The van der Waals surface area contributed by atoms with Crippen LogP contribution in [0.1, 0.15) is 34.6 Å². The van der Waals surface area contributed by atoms with Crippen LogP contribution in [0, 0.1) is 13.8 Å². The summed E-state index contributed by atoms with van der Waals surface area (Å²) in [6.45, 7) is 4.19. The highest BCUT2D eigenvalue weighted by Crippen LogP contribution is 2.24. The van der Waals surface area contributed by atoms with Gasteiger partial charge in [0, 0.05) is 12.1 Å². The van der Waals surface area contributed by atoms with Crippen LogP contribution in [0.25, 0.3) is 5.69 Å². The van der Waals surface area contributed by atoms with Crippen molar-refractivity contribution < 1.29 is 14.7 Å². The van der Waals surface area contributed by atoms with Crippen molar-refractivity contribution in [1.82, 2.24) is 14.7 Å². The van der Waals surface area contributed by atoms with E-state index in [-0.39, 0.29) is 5.91 Å². The third-order valence-corrected chi connectivity index (χ3v) is 4.91. The number of carboxylic acid groups (broad SMARTS) is 1. The van der Waals surface area contributed by atoms with Crippen LogP contribution in [-0.4, -0.2) is 44.3 Å². The molecule has 1 aromatic heterocycles. The van der Waals surface area contributed by atoms with Gasteiger partial charge in [0.2, 0.25) is 0 Å². The van der Waals surface area contributed by atoms with Crippen molar-refractivity contribution in [3.63, 3.8) is 0 Å². The number of nitrogens with zero attached hydrogens (tertiary/aromatic N) is 3. The van der Waals surface area contributed by atoms with Gasteiger partial charge < -0.3 is 10.0 Å². The lowest BCUT2D eigenvalue weighted by Gasteiger charge is -2.21. The summed E-state index contributed by atoms with van der Waals surface area (Å²) in [7, 11) is 0. The Morgan fingerprint density at radius 3 is 2.46 bits per heavy atom. The first-order valence-corrected chi connectivity index (χ1v) is 8.14. The molecule has 1 N–H and O–H groups in total. The summed E-state index contributed by atoms with van der Waals surface area (Å²) in [5, 5.41) is 14.2. The highest BCUT2D eigenvalue weighted by molar-refractivity contribution is 6.31. The van der Waals surface area contributed by atoms with Crippen molar-refractivity contribution >= 4 is 23.5 Å². The molecule has 0 aliphatic carbocycles. The number of hydrogen-bond acceptors (Lipinski definition) is 3. The van der Waals surface area contributed by atoms with E-state index in [1.807, 2.05) is 13.8 Å². The van der Waals surface area contributed by atoms with Gasteiger partial charge in [-0.05, 0) is 51.0 Å². The van der Waals surface area contributed by atoms with Crippen LogP contribution in [0.2, 0.25) is 5.02 Å². The highest BCUT2D eigenvalue weighted by Gasteiger charge is 2.34. The van der Waals surface area contributed by atoms with Crippen LogP contribution >= 0.6 is 11.6 Å². The number of hydrogen-bond donors (Lipinski definition) is 1. The Kier molecular flexibility index (Phi) is 4.32. The molecule has 0 saturated carbocycles. The van der Waals surface area contributed by atoms with Crippen molar-refractivity contribution in [2.45, 2.75) is 32.7 Å². The number of carboxylic acids is 1. The summed E-state index contributed by atoms with van der Waals surface area (Å²) < 4.78 is 1.72. The maximum Gasteiger partial charge on any atom is 0.326 e. The molecule has 1 aliphatic heterocycles. The standard InChI is InChI=1S/C17H18ClN3O3/c1-10-15(18)11(2)21(19-10)13-7-5-12(6-8-13)16(22)20-9-3-4-14(20)17(23)24/h5-8,14H,3-4,9H2,1-2H3,(H,23,24)/t14-/m1/s1. The molecule has 0 unspecified atom stereocenters. The molecule has 1 amide bonds. The van der Waals surface area contributed by atoms with E-state index < -0.39 is 12.0 Å². The van der Waals surface area contributed by atoms with Gasteiger partial charge in [-0.2, -0.15) is 5.10 Å². The molecule has 0 bridgehead atoms. The Bertz CT molecular complexity index is 798. The van der Waals surface area contributed by atoms with Gasteiger partial charge in [0.25, 0.3) is 5.91 Å². The molecule has 1 atom stereocenters. The predicted molar refractivity (Wildman–Crippen MR) is 89.7 cm³/mol. The summed E-state index contributed by atoms with van der Waals surface area (Å²) in [5.74, 6) is -1.20. The fraction of sp³-hybridized carbons (Fsp3) is 0.353. The topological polar surface area (TPSA) is 75.4 Å². The summed E-state index contributed by atoms with van der Waals surface area (Å²) in [6.07, 6.45) is 1.22. The van der Waals surface area contributed by atoms with Crippen molar-refractivity contribution in [3.8, 4) is 5.69 Å². The molecule has 3 rings (SSSR count). The van der Waals surface area contributed by atoms with Crippen molar-refractivity contribution in [1.29, 1.82) is 0 Å². The molecule has 1 saturated heterocycles. The molecule has 1 aromatic carbocycles. The Hall–Kier alpha value is -2.34. The molecule has 0 radical (unpaired) electrons. The summed E-state index contributed by atoms with van der Waals surface area (Å²) in [5.41, 5.74) is 2.85. The van der Waals surface area contributed by atoms with Crippen molar-refractivity contribution in [3.05, 3.63) is 46.2 Å². The fourth-order valence-electron chi connectivity index (χ4n) is 3.05. The Morgan fingerprint density at radius 1 is 1.25 bits per heavy atom. The third-order valence-electron chi connectivity index (χ3n) is 4.36. The number of aryl methyl sites for hydroxylation is 1. The van der Waals surface area contributed by atoms with E-state index in [2.05, 4.69) is 5.10 Å². The lowest BCUT2D eigenvalue weighted by atomic mass is 10.1. The third kappa shape index (κ3) is 2.78. The first-order valence-electron chi connectivity index (χ1n) is 7.76. The van der Waals surface area contributed by atoms with Gasteiger partial charge in [-0.25, -0.2) is 9.48 Å². The molecule has 126 valence electrons. The van der Waals surface area contributed by atoms with Gasteiger partial charge in [0.15, 0.2) is 0 Å². The average Bonchev–Trinajstić information content (AvgIpc) is 3.16. The van der Waals surface area contributed by atoms with Gasteiger partial charge in [-0.3, -0.25) is 4.79 Å². The molecule has 7 heteroatoms. The van der Waals surface area contributed by atoms with E-state index in [1.54, 1.807) is 28.9 Å². The number of halogens is 1. The van der Waals surface area contributed by atoms with E-state index in [0.29, 0.717) is 30.0 Å². The van der Waals surface area contributed by atoms with Crippen molar-refractivity contribution in [2.75, 3.05) is 6.54 Å². The largest absolute Gasteiger partial charge is 0.480 e. The van der Waals surface area contributed by atoms with E-state index in [4.69, 9.17) is 11.6 Å². The van der Waals surface area contributed by atoms with Crippen LogP contribution in [0.4, 0.5) is 0 Å². The minimum absolute atomic E-state index is 0.252. The van der Waals surface area contributed by atoms with Gasteiger partial charge >= 0.3 is 5.97 Å². The van der Waals surface area contributed by atoms with Gasteiger partial charge in [0.1, 0.15) is 6.04 Å². The van der Waals surface area contributed by atoms with Crippen molar-refractivity contribution in [2.24, 2.45) is 0 Å². The lowest BCUT2D eigenvalue weighted by Crippen LogP contribution is -2.40. The van der Waals surface area contributed by atoms with Gasteiger partial charge in [0.05, 0.1) is 22.1 Å². The van der Waals surface area contributed by atoms with Gasteiger partial charge in [-0.15, -0.1) is 0 Å². The molecular weight excluding hydrogens is 330 g/mol. The zero-order valence-electron chi connectivity index (χ0n) is 13.5. The molecule has 2 heterocycles. The average molecular weight is 348 g/mol. The second-order valence-corrected chi connectivity index (χ2v) is 6.32. The van der Waals surface area contributed by atoms with E-state index in [1.165, 1.54) is 4.90 Å². The minimum Gasteiger partial charge on any atom is -0.480 e. The highest BCUT2D eigenvalue weighted by atomic mass is 35.5. The summed E-state index contributed by atoms with van der Waals surface area (Å²) in [4.78, 5) is 25.2. The van der Waals surface area contributed by atoms with E-state index in [9.17, 15) is 14.7 Å². The minimum atomic E-state index is -0.949. The first-order chi connectivity index (χ1) is 11.4. The normalized spacial score (nSPS) is 17.3. The van der Waals surface area contributed by atoms with E-state index in [0.717, 1.165) is 17.1 Å². The molecule has 1 aliphatic rings. The Labute approximate surface area is 144 Å². The lowest BCUT2D eigenvalue weighted by molar-refractivity contribution is -0.141. The SMILES string of the molecule is Cc1nn(-c2ccc(C(=O)N3CCC[C@@H]3C(=O)O)cc2)c(C)c1Cl. The number of aliphatic carboxylic acids is 1. The summed E-state index contributed by atoms with van der Waals surface area (Å²) >= 11 is 6.16. The number of amides is 1. The Balaban J connectivity index is 1.85. The van der Waals surface area contributed by atoms with E-state index >= 15 is 0 Å². The number of rotatable bonds is 3. The van der Waals surface area contributed by atoms with Crippen LogP contribution in [0.3, 0.4) is 0 Å². The monoisotopic (exact) mass is 347 g/mol. The number of aromatic nitrogens is 2. The zero-order chi connectivity index (χ0) is 17.4. The first kappa shape index (κ1) is 16.5. The number of likely N-dealkylation sites (tertiary alicyclic amines) is 1. The molecule has 1 fully saturated rings. The second kappa shape index (κ2) is 6.28. The molecule has 6 nitrogen and oxygen atoms in total. The molecular formula is C17H18ClN3O3. The Morgan fingerprint density at radius 2 is 1.92 bits per heavy atom. The van der Waals surface area contributed by atoms with Crippen LogP contribution in [-0.2, 0) is 4.79 Å². The molecule has 24 heavy (non-hydrogen) atoms. The van der Waals surface area contributed by atoms with Crippen LogP contribution in [0.5, 0.6) is 0 Å². The summed E-state index contributed by atoms with van der Waals surface area (Å²) in [6, 6.07) is 6.23. The second-order valence-electron chi connectivity index (χ2n) is 5.94. The maximum absolute atomic E-state index is 12.6. The van der Waals surface area contributed by atoms with Gasteiger partial charge in [-0.1, -0.05) is 11.6 Å². The molecule has 2 aromatic rings. The van der Waals surface area contributed by atoms with Crippen LogP contribution in [0.15, 0.2) is 24.3 Å². The number of carbonyl (C=O) groups is 2. The molecule has 0 spiro atoms. The zero-order valence-corrected chi connectivity index (χ0v) is 14.2.